The van der Waals surface area contributed by atoms with E-state index in [1.54, 1.807) is 24.4 Å². The van der Waals surface area contributed by atoms with E-state index in [-0.39, 0.29) is 24.2 Å². The third kappa shape index (κ3) is 3.43. The number of carbonyl (C=O) groups excluding carboxylic acids is 1. The molecule has 5 rings (SSSR count). The van der Waals surface area contributed by atoms with Gasteiger partial charge in [-0.05, 0) is 48.5 Å². The van der Waals surface area contributed by atoms with Crippen molar-refractivity contribution >= 4 is 22.4 Å². The van der Waals surface area contributed by atoms with E-state index in [2.05, 4.69) is 15.4 Å². The maximum atomic E-state index is 13.1. The Labute approximate surface area is 168 Å². The van der Waals surface area contributed by atoms with Crippen molar-refractivity contribution < 1.29 is 18.7 Å². The Bertz CT molecular complexity index is 1200. The lowest BCUT2D eigenvalue weighted by molar-refractivity contribution is 0.102. The molecule has 0 unspecified atom stereocenters. The third-order valence-corrected chi connectivity index (χ3v) is 5.06. The molecule has 1 N–H and O–H groups in total. The van der Waals surface area contributed by atoms with Crippen molar-refractivity contribution in [1.29, 1.82) is 0 Å². The molecule has 29 heavy (non-hydrogen) atoms. The van der Waals surface area contributed by atoms with Crippen LogP contribution in [0.4, 0.5) is 9.52 Å². The van der Waals surface area contributed by atoms with Gasteiger partial charge in [-0.15, -0.1) is 11.3 Å². The van der Waals surface area contributed by atoms with E-state index in [1.807, 2.05) is 23.6 Å². The standard InChI is InChI=1S/C20H13FN4O3S/c21-13-2-4-14(5-3-13)25-8-7-15(24-25)19(26)23-20-22-16(10-29-20)12-1-6-17-18(9-12)28-11-27-17/h1-10H,11H2,(H,22,23,26). The van der Waals surface area contributed by atoms with Gasteiger partial charge in [0, 0.05) is 17.1 Å². The lowest BCUT2D eigenvalue weighted by Gasteiger charge is -2.01. The molecule has 3 heterocycles. The molecule has 2 aromatic heterocycles. The van der Waals surface area contributed by atoms with Gasteiger partial charge >= 0.3 is 0 Å². The van der Waals surface area contributed by atoms with Crippen LogP contribution in [0.5, 0.6) is 11.5 Å². The number of thiazole rings is 1. The van der Waals surface area contributed by atoms with Crippen LogP contribution in [0.2, 0.25) is 0 Å². The highest BCUT2D eigenvalue weighted by atomic mass is 32.1. The molecule has 9 heteroatoms. The minimum Gasteiger partial charge on any atom is -0.454 e. The van der Waals surface area contributed by atoms with E-state index in [0.717, 1.165) is 11.3 Å². The van der Waals surface area contributed by atoms with Crippen molar-refractivity contribution in [2.75, 3.05) is 12.1 Å². The number of carbonyl (C=O) groups is 1. The molecule has 0 radical (unpaired) electrons. The number of nitrogens with zero attached hydrogens (tertiary/aromatic N) is 3. The summed E-state index contributed by atoms with van der Waals surface area (Å²) in [5.41, 5.74) is 2.48. The van der Waals surface area contributed by atoms with Gasteiger partial charge in [-0.1, -0.05) is 0 Å². The molecule has 0 aliphatic carbocycles. The normalized spacial score (nSPS) is 12.2. The van der Waals surface area contributed by atoms with Crippen molar-refractivity contribution in [3.63, 3.8) is 0 Å². The average Bonchev–Trinajstić information content (AvgIpc) is 3.48. The molecule has 1 amide bonds. The molecular weight excluding hydrogens is 395 g/mol. The van der Waals surface area contributed by atoms with Crippen LogP contribution in [-0.2, 0) is 0 Å². The van der Waals surface area contributed by atoms with E-state index in [4.69, 9.17) is 9.47 Å². The second-order valence-corrected chi connectivity index (χ2v) is 7.04. The molecule has 2 aromatic carbocycles. The predicted molar refractivity (Wildman–Crippen MR) is 105 cm³/mol. The fraction of sp³-hybridized carbons (Fsp3) is 0.0500. The average molecular weight is 408 g/mol. The molecule has 1 aliphatic heterocycles. The van der Waals surface area contributed by atoms with Gasteiger partial charge in [-0.3, -0.25) is 10.1 Å². The van der Waals surface area contributed by atoms with Crippen molar-refractivity contribution in [3.05, 3.63) is 71.6 Å². The zero-order chi connectivity index (χ0) is 19.8. The van der Waals surface area contributed by atoms with Crippen molar-refractivity contribution in [2.24, 2.45) is 0 Å². The maximum absolute atomic E-state index is 13.1. The summed E-state index contributed by atoms with van der Waals surface area (Å²) in [5, 5.41) is 9.30. The van der Waals surface area contributed by atoms with Crippen LogP contribution in [0.25, 0.3) is 16.9 Å². The summed E-state index contributed by atoms with van der Waals surface area (Å²) in [7, 11) is 0. The third-order valence-electron chi connectivity index (χ3n) is 4.31. The monoisotopic (exact) mass is 408 g/mol. The molecular formula is C20H13FN4O3S. The molecule has 4 aromatic rings. The second-order valence-electron chi connectivity index (χ2n) is 6.18. The molecule has 144 valence electrons. The first-order valence-electron chi connectivity index (χ1n) is 8.64. The van der Waals surface area contributed by atoms with E-state index in [1.165, 1.54) is 28.2 Å². The highest BCUT2D eigenvalue weighted by Crippen LogP contribution is 2.36. The summed E-state index contributed by atoms with van der Waals surface area (Å²) < 4.78 is 25.3. The quantitative estimate of drug-likeness (QED) is 0.550. The van der Waals surface area contributed by atoms with Crippen molar-refractivity contribution in [1.82, 2.24) is 14.8 Å². The summed E-state index contributed by atoms with van der Waals surface area (Å²) >= 11 is 1.31. The van der Waals surface area contributed by atoms with Crippen molar-refractivity contribution in [2.45, 2.75) is 0 Å². The Morgan fingerprint density at radius 3 is 2.79 bits per heavy atom. The Morgan fingerprint density at radius 2 is 1.93 bits per heavy atom. The molecule has 0 saturated heterocycles. The number of halogens is 1. The van der Waals surface area contributed by atoms with E-state index in [9.17, 15) is 9.18 Å². The zero-order valence-electron chi connectivity index (χ0n) is 14.8. The van der Waals surface area contributed by atoms with E-state index >= 15 is 0 Å². The van der Waals surface area contributed by atoms with Gasteiger partial charge in [0.25, 0.3) is 5.91 Å². The molecule has 0 spiro atoms. The van der Waals surface area contributed by atoms with Gasteiger partial charge in [0.15, 0.2) is 22.3 Å². The number of hydrogen-bond acceptors (Lipinski definition) is 6. The first-order chi connectivity index (χ1) is 14.2. The van der Waals surface area contributed by atoms with E-state index in [0.29, 0.717) is 22.3 Å². The summed E-state index contributed by atoms with van der Waals surface area (Å²) in [6.07, 6.45) is 1.64. The van der Waals surface area contributed by atoms with Crippen LogP contribution >= 0.6 is 11.3 Å². The van der Waals surface area contributed by atoms with E-state index < -0.39 is 0 Å². The Balaban J connectivity index is 1.31. The second kappa shape index (κ2) is 7.02. The lowest BCUT2D eigenvalue weighted by Crippen LogP contribution is -2.13. The highest BCUT2D eigenvalue weighted by Gasteiger charge is 2.16. The topological polar surface area (TPSA) is 78.3 Å². The van der Waals surface area contributed by atoms with Gasteiger partial charge in [0.1, 0.15) is 5.82 Å². The minimum absolute atomic E-state index is 0.210. The first-order valence-corrected chi connectivity index (χ1v) is 9.52. The Kier molecular flexibility index (Phi) is 4.21. The van der Waals surface area contributed by atoms with Gasteiger partial charge in [-0.2, -0.15) is 5.10 Å². The summed E-state index contributed by atoms with van der Waals surface area (Å²) in [5.74, 6) is 0.667. The number of hydrogen-bond donors (Lipinski definition) is 1. The number of benzene rings is 2. The predicted octanol–water partition coefficient (Wildman–Crippen LogP) is 4.12. The summed E-state index contributed by atoms with van der Waals surface area (Å²) in [6, 6.07) is 13.0. The molecule has 0 fully saturated rings. The molecule has 0 bridgehead atoms. The number of ether oxygens (including phenoxy) is 2. The van der Waals surface area contributed by atoms with Crippen LogP contribution < -0.4 is 14.8 Å². The lowest BCUT2D eigenvalue weighted by atomic mass is 10.1. The molecule has 0 saturated carbocycles. The first kappa shape index (κ1) is 17.4. The number of nitrogens with one attached hydrogen (secondary N) is 1. The van der Waals surface area contributed by atoms with Crippen LogP contribution in [0.3, 0.4) is 0 Å². The highest BCUT2D eigenvalue weighted by molar-refractivity contribution is 7.14. The van der Waals surface area contributed by atoms with Gasteiger partial charge in [0.05, 0.1) is 11.4 Å². The number of rotatable bonds is 4. The van der Waals surface area contributed by atoms with Gasteiger partial charge in [-0.25, -0.2) is 14.1 Å². The number of amides is 1. The summed E-state index contributed by atoms with van der Waals surface area (Å²) in [6.45, 7) is 0.210. The number of anilines is 1. The molecule has 0 atom stereocenters. The van der Waals surface area contributed by atoms with Gasteiger partial charge in [0.2, 0.25) is 6.79 Å². The Hall–Kier alpha value is -3.72. The van der Waals surface area contributed by atoms with Crippen LogP contribution in [0.15, 0.2) is 60.1 Å². The number of fused-ring (bicyclic) bond motifs is 1. The number of aromatic nitrogens is 3. The van der Waals surface area contributed by atoms with Crippen LogP contribution in [0.1, 0.15) is 10.5 Å². The molecule has 7 nitrogen and oxygen atoms in total. The fourth-order valence-electron chi connectivity index (χ4n) is 2.86. The fourth-order valence-corrected chi connectivity index (χ4v) is 3.58. The Morgan fingerprint density at radius 1 is 1.10 bits per heavy atom. The maximum Gasteiger partial charge on any atom is 0.277 e. The van der Waals surface area contributed by atoms with Gasteiger partial charge < -0.3 is 9.47 Å². The van der Waals surface area contributed by atoms with Crippen LogP contribution in [0, 0.1) is 5.82 Å². The minimum atomic E-state index is -0.377. The SMILES string of the molecule is O=C(Nc1nc(-c2ccc3c(c2)OCO3)cs1)c1ccn(-c2ccc(F)cc2)n1. The smallest absolute Gasteiger partial charge is 0.277 e. The zero-order valence-corrected chi connectivity index (χ0v) is 15.6. The molecule has 1 aliphatic rings. The van der Waals surface area contributed by atoms with Crippen molar-refractivity contribution in [3.8, 4) is 28.4 Å². The largest absolute Gasteiger partial charge is 0.454 e. The summed E-state index contributed by atoms with van der Waals surface area (Å²) in [4.78, 5) is 17.0. The van der Waals surface area contributed by atoms with Crippen LogP contribution in [-0.4, -0.2) is 27.5 Å².